The second kappa shape index (κ2) is 5.85. The van der Waals surface area contributed by atoms with Crippen LogP contribution in [0, 0.1) is 5.92 Å². The van der Waals surface area contributed by atoms with Crippen LogP contribution in [0.25, 0.3) is 0 Å². The Bertz CT molecular complexity index is 355. The standard InChI is InChI=1S/C16H24O2/c1-3-13(2)15(17)16(9-11-18-12-10-16)14-7-5-4-6-8-14/h4-8,13,15,17H,3,9-12H2,1-2H3. The minimum atomic E-state index is -0.284. The van der Waals surface area contributed by atoms with Crippen LogP contribution in [-0.2, 0) is 10.2 Å². The van der Waals surface area contributed by atoms with Crippen LogP contribution < -0.4 is 0 Å². The monoisotopic (exact) mass is 248 g/mol. The number of rotatable bonds is 4. The number of hydrogen-bond acceptors (Lipinski definition) is 2. The van der Waals surface area contributed by atoms with Gasteiger partial charge in [-0.1, -0.05) is 50.6 Å². The average molecular weight is 248 g/mol. The van der Waals surface area contributed by atoms with Crippen LogP contribution in [0.2, 0.25) is 0 Å². The molecule has 0 spiro atoms. The molecule has 1 fully saturated rings. The topological polar surface area (TPSA) is 29.5 Å². The Morgan fingerprint density at radius 2 is 1.83 bits per heavy atom. The molecular formula is C16H24O2. The molecule has 0 amide bonds. The van der Waals surface area contributed by atoms with E-state index in [2.05, 4.69) is 38.1 Å². The summed E-state index contributed by atoms with van der Waals surface area (Å²) in [5, 5.41) is 10.8. The van der Waals surface area contributed by atoms with E-state index in [-0.39, 0.29) is 11.5 Å². The number of aliphatic hydroxyl groups is 1. The molecule has 2 heteroatoms. The molecule has 0 radical (unpaired) electrons. The molecular weight excluding hydrogens is 224 g/mol. The number of ether oxygens (including phenoxy) is 1. The van der Waals surface area contributed by atoms with E-state index in [0.29, 0.717) is 5.92 Å². The van der Waals surface area contributed by atoms with Crippen LogP contribution in [-0.4, -0.2) is 24.4 Å². The Hall–Kier alpha value is -0.860. The molecule has 18 heavy (non-hydrogen) atoms. The molecule has 1 aromatic rings. The molecule has 0 saturated carbocycles. The minimum Gasteiger partial charge on any atom is -0.392 e. The maximum absolute atomic E-state index is 10.8. The van der Waals surface area contributed by atoms with Gasteiger partial charge in [0, 0.05) is 18.6 Å². The van der Waals surface area contributed by atoms with Gasteiger partial charge >= 0.3 is 0 Å². The maximum Gasteiger partial charge on any atom is 0.0663 e. The van der Waals surface area contributed by atoms with Gasteiger partial charge in [0.1, 0.15) is 0 Å². The molecule has 1 aliphatic heterocycles. The summed E-state index contributed by atoms with van der Waals surface area (Å²) in [7, 11) is 0. The van der Waals surface area contributed by atoms with Crippen molar-refractivity contribution >= 4 is 0 Å². The quantitative estimate of drug-likeness (QED) is 0.887. The van der Waals surface area contributed by atoms with E-state index in [1.54, 1.807) is 0 Å². The van der Waals surface area contributed by atoms with Crippen LogP contribution >= 0.6 is 0 Å². The molecule has 2 rings (SSSR count). The molecule has 0 aliphatic carbocycles. The Kier molecular flexibility index (Phi) is 4.41. The predicted octanol–water partition coefficient (Wildman–Crippen LogP) is 3.14. The van der Waals surface area contributed by atoms with Crippen molar-refractivity contribution in [2.75, 3.05) is 13.2 Å². The highest BCUT2D eigenvalue weighted by Gasteiger charge is 2.42. The van der Waals surface area contributed by atoms with Gasteiger partial charge in [0.25, 0.3) is 0 Å². The molecule has 1 saturated heterocycles. The minimum absolute atomic E-state index is 0.116. The molecule has 0 bridgehead atoms. The van der Waals surface area contributed by atoms with Gasteiger partial charge in [-0.05, 0) is 24.3 Å². The third-order valence-corrected chi connectivity index (χ3v) is 4.48. The summed E-state index contributed by atoms with van der Waals surface area (Å²) in [6.45, 7) is 5.79. The third kappa shape index (κ3) is 2.45. The van der Waals surface area contributed by atoms with Gasteiger partial charge in [-0.15, -0.1) is 0 Å². The summed E-state index contributed by atoms with van der Waals surface area (Å²) in [6, 6.07) is 10.5. The van der Waals surface area contributed by atoms with E-state index in [1.165, 1.54) is 5.56 Å². The fourth-order valence-corrected chi connectivity index (χ4v) is 3.03. The number of aliphatic hydroxyl groups excluding tert-OH is 1. The van der Waals surface area contributed by atoms with Crippen LogP contribution in [0.4, 0.5) is 0 Å². The van der Waals surface area contributed by atoms with Crippen molar-refractivity contribution in [3.63, 3.8) is 0 Å². The zero-order chi connectivity index (χ0) is 13.0. The summed E-state index contributed by atoms with van der Waals surface area (Å²) in [6.07, 6.45) is 2.57. The molecule has 2 atom stereocenters. The van der Waals surface area contributed by atoms with Gasteiger partial charge in [0.05, 0.1) is 6.10 Å². The molecule has 1 heterocycles. The second-order valence-corrected chi connectivity index (χ2v) is 5.46. The highest BCUT2D eigenvalue weighted by Crippen LogP contribution is 2.41. The second-order valence-electron chi connectivity index (χ2n) is 5.46. The molecule has 2 unspecified atom stereocenters. The lowest BCUT2D eigenvalue weighted by Crippen LogP contribution is -2.47. The Morgan fingerprint density at radius 1 is 1.22 bits per heavy atom. The Morgan fingerprint density at radius 3 is 2.39 bits per heavy atom. The summed E-state index contributed by atoms with van der Waals surface area (Å²) >= 11 is 0. The first kappa shape index (κ1) is 13.6. The van der Waals surface area contributed by atoms with Gasteiger partial charge in [0.2, 0.25) is 0 Å². The molecule has 1 aromatic carbocycles. The van der Waals surface area contributed by atoms with Crippen molar-refractivity contribution < 1.29 is 9.84 Å². The number of benzene rings is 1. The normalized spacial score (nSPS) is 22.4. The summed E-state index contributed by atoms with van der Waals surface area (Å²) in [5.41, 5.74) is 1.15. The SMILES string of the molecule is CCC(C)C(O)C1(c2ccccc2)CCOCC1. The van der Waals surface area contributed by atoms with E-state index in [1.807, 2.05) is 6.07 Å². The lowest BCUT2D eigenvalue weighted by atomic mass is 9.66. The summed E-state index contributed by atoms with van der Waals surface area (Å²) < 4.78 is 5.50. The van der Waals surface area contributed by atoms with E-state index < -0.39 is 0 Å². The van der Waals surface area contributed by atoms with Gasteiger partial charge in [0.15, 0.2) is 0 Å². The first-order chi connectivity index (χ1) is 8.70. The smallest absolute Gasteiger partial charge is 0.0663 e. The maximum atomic E-state index is 10.8. The Labute approximate surface area is 110 Å². The van der Waals surface area contributed by atoms with Crippen LogP contribution in [0.15, 0.2) is 30.3 Å². The van der Waals surface area contributed by atoms with E-state index in [0.717, 1.165) is 32.5 Å². The zero-order valence-corrected chi connectivity index (χ0v) is 11.4. The molecule has 1 N–H and O–H groups in total. The van der Waals surface area contributed by atoms with Crippen molar-refractivity contribution in [1.82, 2.24) is 0 Å². The van der Waals surface area contributed by atoms with Crippen molar-refractivity contribution in [2.45, 2.75) is 44.6 Å². The average Bonchev–Trinajstić information content (AvgIpc) is 2.47. The van der Waals surface area contributed by atoms with Crippen LogP contribution in [0.5, 0.6) is 0 Å². The van der Waals surface area contributed by atoms with Crippen molar-refractivity contribution in [3.05, 3.63) is 35.9 Å². The first-order valence-electron chi connectivity index (χ1n) is 7.02. The summed E-state index contributed by atoms with van der Waals surface area (Å²) in [5.74, 6) is 0.323. The Balaban J connectivity index is 2.34. The lowest BCUT2D eigenvalue weighted by Gasteiger charge is -2.43. The highest BCUT2D eigenvalue weighted by atomic mass is 16.5. The van der Waals surface area contributed by atoms with Crippen molar-refractivity contribution in [3.8, 4) is 0 Å². The van der Waals surface area contributed by atoms with Crippen molar-refractivity contribution in [1.29, 1.82) is 0 Å². The fourth-order valence-electron chi connectivity index (χ4n) is 3.03. The fraction of sp³-hybridized carbons (Fsp3) is 0.625. The zero-order valence-electron chi connectivity index (χ0n) is 11.4. The van der Waals surface area contributed by atoms with Crippen LogP contribution in [0.1, 0.15) is 38.7 Å². The van der Waals surface area contributed by atoms with Crippen molar-refractivity contribution in [2.24, 2.45) is 5.92 Å². The molecule has 1 aliphatic rings. The first-order valence-corrected chi connectivity index (χ1v) is 7.02. The van der Waals surface area contributed by atoms with Gasteiger partial charge < -0.3 is 9.84 Å². The highest BCUT2D eigenvalue weighted by molar-refractivity contribution is 5.28. The number of hydrogen-bond donors (Lipinski definition) is 1. The molecule has 100 valence electrons. The molecule has 0 aromatic heterocycles. The summed E-state index contributed by atoms with van der Waals surface area (Å²) in [4.78, 5) is 0. The van der Waals surface area contributed by atoms with E-state index in [9.17, 15) is 5.11 Å². The van der Waals surface area contributed by atoms with Gasteiger partial charge in [-0.2, -0.15) is 0 Å². The van der Waals surface area contributed by atoms with E-state index >= 15 is 0 Å². The predicted molar refractivity (Wildman–Crippen MR) is 73.6 cm³/mol. The van der Waals surface area contributed by atoms with Gasteiger partial charge in [-0.3, -0.25) is 0 Å². The molecule has 2 nitrogen and oxygen atoms in total. The third-order valence-electron chi connectivity index (χ3n) is 4.48. The lowest BCUT2D eigenvalue weighted by molar-refractivity contribution is -0.0380. The largest absolute Gasteiger partial charge is 0.392 e. The van der Waals surface area contributed by atoms with Gasteiger partial charge in [-0.25, -0.2) is 0 Å². The van der Waals surface area contributed by atoms with Crippen LogP contribution in [0.3, 0.4) is 0 Å². The van der Waals surface area contributed by atoms with E-state index in [4.69, 9.17) is 4.74 Å².